The number of aromatic nitrogens is 4. The minimum Gasteiger partial charge on any atom is -0.355 e. The minimum absolute atomic E-state index is 0.511. The lowest BCUT2D eigenvalue weighted by atomic mass is 10.2. The van der Waals surface area contributed by atoms with Crippen molar-refractivity contribution < 1.29 is 0 Å². The van der Waals surface area contributed by atoms with Crippen LogP contribution >= 0.6 is 11.6 Å². The van der Waals surface area contributed by atoms with Crippen LogP contribution < -0.4 is 4.90 Å². The van der Waals surface area contributed by atoms with Crippen molar-refractivity contribution in [3.8, 4) is 0 Å². The molecule has 2 aromatic heterocycles. The molecule has 3 rings (SSSR count). The molecule has 7 heteroatoms. The minimum atomic E-state index is 0.511. The van der Waals surface area contributed by atoms with Crippen molar-refractivity contribution in [2.45, 2.75) is 33.2 Å². The van der Waals surface area contributed by atoms with Crippen LogP contribution in [-0.4, -0.2) is 56.7 Å². The molecule has 1 saturated heterocycles. The summed E-state index contributed by atoms with van der Waals surface area (Å²) in [5, 5.41) is 4.82. The van der Waals surface area contributed by atoms with E-state index in [1.165, 1.54) is 6.33 Å². The number of halogens is 1. The molecule has 2 aromatic rings. The van der Waals surface area contributed by atoms with E-state index in [9.17, 15) is 0 Å². The van der Waals surface area contributed by atoms with E-state index in [-0.39, 0.29) is 0 Å². The average Bonchev–Trinajstić information content (AvgIpc) is 3.11. The van der Waals surface area contributed by atoms with E-state index in [1.807, 2.05) is 6.92 Å². The Morgan fingerprint density at radius 2 is 2.14 bits per heavy atom. The number of hydrogen-bond acceptors (Lipinski definition) is 5. The van der Waals surface area contributed by atoms with Crippen LogP contribution in [0.1, 0.15) is 25.8 Å². The van der Waals surface area contributed by atoms with Crippen LogP contribution in [0.5, 0.6) is 0 Å². The summed E-state index contributed by atoms with van der Waals surface area (Å²) in [5.74, 6) is 1.59. The first-order valence-electron chi connectivity index (χ1n) is 7.50. The van der Waals surface area contributed by atoms with E-state index in [0.717, 1.165) is 44.0 Å². The monoisotopic (exact) mass is 308 g/mol. The summed E-state index contributed by atoms with van der Waals surface area (Å²) in [7, 11) is 0. The van der Waals surface area contributed by atoms with Crippen molar-refractivity contribution in [3.63, 3.8) is 0 Å². The maximum absolute atomic E-state index is 6.25. The van der Waals surface area contributed by atoms with Gasteiger partial charge in [0.2, 0.25) is 0 Å². The van der Waals surface area contributed by atoms with Crippen molar-refractivity contribution in [2.75, 3.05) is 31.1 Å². The standard InChI is InChI=1S/C14H21ClN6/c1-4-19(5-2)11-6-7-20(8-11)13-10(3)12(15)18-14-16-9-17-21(13)14/h9,11H,4-8H2,1-3H3. The lowest BCUT2D eigenvalue weighted by Gasteiger charge is -2.27. The van der Waals surface area contributed by atoms with Crippen LogP contribution in [0.2, 0.25) is 5.15 Å². The second kappa shape index (κ2) is 5.77. The Morgan fingerprint density at radius 3 is 2.86 bits per heavy atom. The van der Waals surface area contributed by atoms with Gasteiger partial charge in [-0.05, 0) is 26.4 Å². The third-order valence-corrected chi connectivity index (χ3v) is 4.73. The molecule has 1 fully saturated rings. The molecule has 1 atom stereocenters. The summed E-state index contributed by atoms with van der Waals surface area (Å²) < 4.78 is 1.80. The largest absolute Gasteiger partial charge is 0.355 e. The van der Waals surface area contributed by atoms with Crippen molar-refractivity contribution in [2.24, 2.45) is 0 Å². The molecule has 0 N–H and O–H groups in total. The zero-order chi connectivity index (χ0) is 15.0. The van der Waals surface area contributed by atoms with Gasteiger partial charge >= 0.3 is 0 Å². The molecule has 114 valence electrons. The highest BCUT2D eigenvalue weighted by molar-refractivity contribution is 6.30. The Hall–Kier alpha value is -1.40. The van der Waals surface area contributed by atoms with Gasteiger partial charge in [-0.3, -0.25) is 4.90 Å². The van der Waals surface area contributed by atoms with Gasteiger partial charge in [0.25, 0.3) is 5.78 Å². The molecular weight excluding hydrogens is 288 g/mol. The number of rotatable bonds is 4. The highest BCUT2D eigenvalue weighted by atomic mass is 35.5. The summed E-state index contributed by atoms with van der Waals surface area (Å²) in [5.41, 5.74) is 0.967. The first-order chi connectivity index (χ1) is 10.2. The fraction of sp³-hybridized carbons (Fsp3) is 0.643. The summed E-state index contributed by atoms with van der Waals surface area (Å²) in [4.78, 5) is 13.3. The smallest absolute Gasteiger partial charge is 0.255 e. The second-order valence-corrected chi connectivity index (χ2v) is 5.79. The first kappa shape index (κ1) is 14.5. The average molecular weight is 309 g/mol. The molecule has 0 amide bonds. The normalized spacial score (nSPS) is 19.1. The third-order valence-electron chi connectivity index (χ3n) is 4.37. The molecule has 0 aromatic carbocycles. The Balaban J connectivity index is 1.95. The molecular formula is C14H21ClN6. The van der Waals surface area contributed by atoms with Gasteiger partial charge in [-0.2, -0.15) is 19.6 Å². The number of nitrogens with zero attached hydrogens (tertiary/aromatic N) is 6. The number of fused-ring (bicyclic) bond motifs is 1. The molecule has 6 nitrogen and oxygen atoms in total. The van der Waals surface area contributed by atoms with Crippen molar-refractivity contribution in [1.82, 2.24) is 24.5 Å². The van der Waals surface area contributed by atoms with E-state index >= 15 is 0 Å². The zero-order valence-electron chi connectivity index (χ0n) is 12.8. The summed E-state index contributed by atoms with van der Waals surface area (Å²) in [6, 6.07) is 0.588. The SMILES string of the molecule is CCN(CC)C1CCN(c2c(C)c(Cl)nc3ncnn23)C1. The fourth-order valence-corrected chi connectivity index (χ4v) is 3.39. The van der Waals surface area contributed by atoms with E-state index in [2.05, 4.69) is 38.7 Å². The fourth-order valence-electron chi connectivity index (χ4n) is 3.23. The van der Waals surface area contributed by atoms with Gasteiger partial charge in [0, 0.05) is 24.7 Å². The van der Waals surface area contributed by atoms with E-state index in [4.69, 9.17) is 11.6 Å². The lowest BCUT2D eigenvalue weighted by Crippen LogP contribution is -2.37. The van der Waals surface area contributed by atoms with Crippen LogP contribution in [0.25, 0.3) is 5.78 Å². The Morgan fingerprint density at radius 1 is 1.38 bits per heavy atom. The number of likely N-dealkylation sites (N-methyl/N-ethyl adjacent to an activating group) is 1. The Bertz CT molecular complexity index is 636. The molecule has 0 bridgehead atoms. The van der Waals surface area contributed by atoms with Gasteiger partial charge in [0.1, 0.15) is 17.3 Å². The maximum atomic E-state index is 6.25. The topological polar surface area (TPSA) is 49.6 Å². The summed E-state index contributed by atoms with van der Waals surface area (Å²) >= 11 is 6.25. The van der Waals surface area contributed by atoms with Gasteiger partial charge in [0.05, 0.1) is 0 Å². The van der Waals surface area contributed by atoms with E-state index in [0.29, 0.717) is 17.0 Å². The van der Waals surface area contributed by atoms with Crippen LogP contribution in [0.3, 0.4) is 0 Å². The second-order valence-electron chi connectivity index (χ2n) is 5.43. The molecule has 0 spiro atoms. The van der Waals surface area contributed by atoms with Crippen LogP contribution in [0, 0.1) is 6.92 Å². The van der Waals surface area contributed by atoms with Crippen LogP contribution in [0.4, 0.5) is 5.82 Å². The van der Waals surface area contributed by atoms with E-state index in [1.54, 1.807) is 4.52 Å². The predicted octanol–water partition coefficient (Wildman–Crippen LogP) is 2.01. The molecule has 1 aliphatic rings. The summed E-state index contributed by atoms with van der Waals surface area (Å²) in [6.45, 7) is 10.6. The number of hydrogen-bond donors (Lipinski definition) is 0. The molecule has 0 aliphatic carbocycles. The zero-order valence-corrected chi connectivity index (χ0v) is 13.5. The van der Waals surface area contributed by atoms with E-state index < -0.39 is 0 Å². The van der Waals surface area contributed by atoms with Crippen molar-refractivity contribution in [3.05, 3.63) is 17.0 Å². The highest BCUT2D eigenvalue weighted by Gasteiger charge is 2.29. The lowest BCUT2D eigenvalue weighted by molar-refractivity contribution is 0.232. The predicted molar refractivity (Wildman–Crippen MR) is 84.1 cm³/mol. The summed E-state index contributed by atoms with van der Waals surface area (Å²) in [6.07, 6.45) is 2.69. The molecule has 3 heterocycles. The van der Waals surface area contributed by atoms with Gasteiger partial charge in [0.15, 0.2) is 0 Å². The first-order valence-corrected chi connectivity index (χ1v) is 7.88. The highest BCUT2D eigenvalue weighted by Crippen LogP contribution is 2.29. The molecule has 1 aliphatic heterocycles. The van der Waals surface area contributed by atoms with Gasteiger partial charge in [-0.25, -0.2) is 0 Å². The van der Waals surface area contributed by atoms with Crippen molar-refractivity contribution >= 4 is 23.2 Å². The number of anilines is 1. The molecule has 0 radical (unpaired) electrons. The molecule has 21 heavy (non-hydrogen) atoms. The molecule has 0 saturated carbocycles. The Labute approximate surface area is 129 Å². The van der Waals surface area contributed by atoms with Gasteiger partial charge < -0.3 is 4.90 Å². The quantitative estimate of drug-likeness (QED) is 0.809. The molecule has 1 unspecified atom stereocenters. The van der Waals surface area contributed by atoms with Crippen molar-refractivity contribution in [1.29, 1.82) is 0 Å². The maximum Gasteiger partial charge on any atom is 0.255 e. The Kier molecular flexibility index (Phi) is 3.99. The van der Waals surface area contributed by atoms with Gasteiger partial charge in [-0.1, -0.05) is 25.4 Å². The van der Waals surface area contributed by atoms with Crippen LogP contribution in [-0.2, 0) is 0 Å². The third kappa shape index (κ3) is 2.46. The van der Waals surface area contributed by atoms with Crippen LogP contribution in [0.15, 0.2) is 6.33 Å². The van der Waals surface area contributed by atoms with Gasteiger partial charge in [-0.15, -0.1) is 0 Å².